The zero-order chi connectivity index (χ0) is 10.6. The van der Waals surface area contributed by atoms with E-state index in [1.54, 1.807) is 12.1 Å². The Balaban J connectivity index is 3.27. The standard InChI is InChI=1S/C9H8ClNO2S/c10-5-6-14(12,13)9-4-2-1-3-8(9)7-11/h1-4H,5-6H2. The minimum atomic E-state index is -3.41. The highest BCUT2D eigenvalue weighted by molar-refractivity contribution is 7.91. The van der Waals surface area contributed by atoms with Gasteiger partial charge in [-0.3, -0.25) is 0 Å². The highest BCUT2D eigenvalue weighted by Gasteiger charge is 2.16. The summed E-state index contributed by atoms with van der Waals surface area (Å²) in [6.07, 6.45) is 0. The van der Waals surface area contributed by atoms with Gasteiger partial charge in [-0.1, -0.05) is 12.1 Å². The summed E-state index contributed by atoms with van der Waals surface area (Å²) < 4.78 is 23.2. The Bertz CT molecular complexity index is 462. The second kappa shape index (κ2) is 4.45. The van der Waals surface area contributed by atoms with Crippen LogP contribution in [-0.4, -0.2) is 20.1 Å². The maximum absolute atomic E-state index is 11.6. The fraction of sp³-hybridized carbons (Fsp3) is 0.222. The molecule has 0 unspecified atom stereocenters. The van der Waals surface area contributed by atoms with E-state index in [9.17, 15) is 8.42 Å². The second-order valence-corrected chi connectivity index (χ2v) is 5.07. The van der Waals surface area contributed by atoms with Crippen LogP contribution in [0.15, 0.2) is 29.2 Å². The maximum Gasteiger partial charge on any atom is 0.180 e. The average Bonchev–Trinajstić information content (AvgIpc) is 2.18. The molecule has 0 heterocycles. The molecule has 0 amide bonds. The first kappa shape index (κ1) is 11.0. The largest absolute Gasteiger partial charge is 0.224 e. The highest BCUT2D eigenvalue weighted by atomic mass is 35.5. The van der Waals surface area contributed by atoms with E-state index in [-0.39, 0.29) is 22.1 Å². The number of nitriles is 1. The van der Waals surface area contributed by atoms with Crippen LogP contribution in [0, 0.1) is 11.3 Å². The Labute approximate surface area is 87.8 Å². The van der Waals surface area contributed by atoms with Gasteiger partial charge in [-0.05, 0) is 12.1 Å². The molecule has 0 saturated heterocycles. The van der Waals surface area contributed by atoms with Gasteiger partial charge in [0.05, 0.1) is 16.2 Å². The number of hydrogen-bond donors (Lipinski definition) is 0. The predicted octanol–water partition coefficient (Wildman–Crippen LogP) is 1.57. The Kier molecular flexibility index (Phi) is 3.50. The third-order valence-corrected chi connectivity index (χ3v) is 3.87. The number of sulfone groups is 1. The van der Waals surface area contributed by atoms with Gasteiger partial charge in [0.1, 0.15) is 6.07 Å². The van der Waals surface area contributed by atoms with Gasteiger partial charge in [-0.2, -0.15) is 5.26 Å². The van der Waals surface area contributed by atoms with E-state index >= 15 is 0 Å². The number of rotatable bonds is 3. The summed E-state index contributed by atoms with van der Waals surface area (Å²) in [5.41, 5.74) is 0.164. The Morgan fingerprint density at radius 2 is 2.00 bits per heavy atom. The van der Waals surface area contributed by atoms with Crippen molar-refractivity contribution in [2.75, 3.05) is 11.6 Å². The van der Waals surface area contributed by atoms with Crippen molar-refractivity contribution in [2.45, 2.75) is 4.90 Å². The van der Waals surface area contributed by atoms with Crippen molar-refractivity contribution in [3.63, 3.8) is 0 Å². The molecule has 0 saturated carbocycles. The lowest BCUT2D eigenvalue weighted by Gasteiger charge is -2.03. The molecule has 0 radical (unpaired) electrons. The summed E-state index contributed by atoms with van der Waals surface area (Å²) in [6.45, 7) is 0. The Morgan fingerprint density at radius 3 is 2.57 bits per heavy atom. The first-order valence-corrected chi connectivity index (χ1v) is 6.08. The van der Waals surface area contributed by atoms with Gasteiger partial charge < -0.3 is 0 Å². The number of nitrogens with zero attached hydrogens (tertiary/aromatic N) is 1. The molecule has 0 bridgehead atoms. The van der Waals surface area contributed by atoms with E-state index < -0.39 is 9.84 Å². The van der Waals surface area contributed by atoms with Gasteiger partial charge in [0.15, 0.2) is 9.84 Å². The molecule has 0 aliphatic rings. The number of hydrogen-bond acceptors (Lipinski definition) is 3. The monoisotopic (exact) mass is 229 g/mol. The average molecular weight is 230 g/mol. The van der Waals surface area contributed by atoms with E-state index in [4.69, 9.17) is 16.9 Å². The van der Waals surface area contributed by atoms with Crippen LogP contribution in [0.25, 0.3) is 0 Å². The van der Waals surface area contributed by atoms with Crippen LogP contribution in [0.5, 0.6) is 0 Å². The lowest BCUT2D eigenvalue weighted by atomic mass is 10.2. The fourth-order valence-electron chi connectivity index (χ4n) is 1.04. The van der Waals surface area contributed by atoms with Crippen LogP contribution in [-0.2, 0) is 9.84 Å². The summed E-state index contributed by atoms with van der Waals surface area (Å²) in [5, 5.41) is 8.70. The van der Waals surface area contributed by atoms with E-state index in [0.29, 0.717) is 0 Å². The van der Waals surface area contributed by atoms with Gasteiger partial charge in [0.25, 0.3) is 0 Å². The highest BCUT2D eigenvalue weighted by Crippen LogP contribution is 2.16. The molecule has 0 aliphatic carbocycles. The zero-order valence-electron chi connectivity index (χ0n) is 7.27. The van der Waals surface area contributed by atoms with Crippen molar-refractivity contribution in [3.8, 4) is 6.07 Å². The summed E-state index contributed by atoms with van der Waals surface area (Å²) >= 11 is 5.37. The van der Waals surface area contributed by atoms with Crippen molar-refractivity contribution >= 4 is 21.4 Å². The van der Waals surface area contributed by atoms with E-state index in [1.807, 2.05) is 6.07 Å². The van der Waals surface area contributed by atoms with Crippen molar-refractivity contribution in [1.29, 1.82) is 5.26 Å². The molecule has 1 rings (SSSR count). The molecule has 0 aromatic heterocycles. The van der Waals surface area contributed by atoms with Gasteiger partial charge >= 0.3 is 0 Å². The van der Waals surface area contributed by atoms with E-state index in [2.05, 4.69) is 0 Å². The molecule has 0 spiro atoms. The van der Waals surface area contributed by atoms with E-state index in [0.717, 1.165) is 0 Å². The van der Waals surface area contributed by atoms with Crippen LogP contribution in [0.3, 0.4) is 0 Å². The van der Waals surface area contributed by atoms with Gasteiger partial charge in [0, 0.05) is 5.88 Å². The summed E-state index contributed by atoms with van der Waals surface area (Å²) in [7, 11) is -3.41. The minimum Gasteiger partial charge on any atom is -0.224 e. The van der Waals surface area contributed by atoms with Crippen molar-refractivity contribution in [1.82, 2.24) is 0 Å². The SMILES string of the molecule is N#Cc1ccccc1S(=O)(=O)CCCl. The predicted molar refractivity (Wildman–Crippen MR) is 53.9 cm³/mol. The summed E-state index contributed by atoms with van der Waals surface area (Å²) in [4.78, 5) is 0.0585. The number of halogens is 1. The summed E-state index contributed by atoms with van der Waals surface area (Å²) in [6, 6.07) is 7.94. The number of benzene rings is 1. The van der Waals surface area contributed by atoms with E-state index in [1.165, 1.54) is 12.1 Å². The normalized spacial score (nSPS) is 10.9. The molecule has 0 atom stereocenters. The first-order valence-electron chi connectivity index (χ1n) is 3.89. The summed E-state index contributed by atoms with van der Waals surface area (Å²) in [5.74, 6) is -0.116. The zero-order valence-corrected chi connectivity index (χ0v) is 8.85. The quantitative estimate of drug-likeness (QED) is 0.740. The van der Waals surface area contributed by atoms with Crippen LogP contribution >= 0.6 is 11.6 Å². The van der Waals surface area contributed by atoms with Gasteiger partial charge in [0.2, 0.25) is 0 Å². The molecule has 5 heteroatoms. The lowest BCUT2D eigenvalue weighted by Crippen LogP contribution is -2.09. The van der Waals surface area contributed by atoms with Crippen LogP contribution in [0.4, 0.5) is 0 Å². The molecule has 0 aliphatic heterocycles. The van der Waals surface area contributed by atoms with Gasteiger partial charge in [-0.15, -0.1) is 11.6 Å². The second-order valence-electron chi connectivity index (χ2n) is 2.62. The third-order valence-electron chi connectivity index (χ3n) is 1.69. The molecular formula is C9H8ClNO2S. The van der Waals surface area contributed by atoms with Gasteiger partial charge in [-0.25, -0.2) is 8.42 Å². The number of alkyl halides is 1. The van der Waals surface area contributed by atoms with Crippen LogP contribution in [0.2, 0.25) is 0 Å². The maximum atomic E-state index is 11.6. The lowest BCUT2D eigenvalue weighted by molar-refractivity contribution is 0.597. The molecule has 0 N–H and O–H groups in total. The molecule has 1 aromatic rings. The van der Waals surface area contributed by atoms with Crippen LogP contribution in [0.1, 0.15) is 5.56 Å². The minimum absolute atomic E-state index is 0.0299. The molecule has 3 nitrogen and oxygen atoms in total. The fourth-order valence-corrected chi connectivity index (χ4v) is 2.81. The smallest absolute Gasteiger partial charge is 0.180 e. The van der Waals surface area contributed by atoms with Crippen molar-refractivity contribution < 1.29 is 8.42 Å². The Hall–Kier alpha value is -1.05. The van der Waals surface area contributed by atoms with Crippen LogP contribution < -0.4 is 0 Å². The third kappa shape index (κ3) is 2.25. The topological polar surface area (TPSA) is 57.9 Å². The Morgan fingerprint density at radius 1 is 1.36 bits per heavy atom. The molecule has 14 heavy (non-hydrogen) atoms. The van der Waals surface area contributed by atoms with Crippen molar-refractivity contribution in [2.24, 2.45) is 0 Å². The molecule has 0 fully saturated rings. The molecule has 1 aromatic carbocycles. The van der Waals surface area contributed by atoms with Crippen molar-refractivity contribution in [3.05, 3.63) is 29.8 Å². The molecular weight excluding hydrogens is 222 g/mol. The molecule has 74 valence electrons. The first-order chi connectivity index (χ1) is 6.61.